The van der Waals surface area contributed by atoms with Crippen LogP contribution in [0, 0.1) is 0 Å². The molecule has 0 bridgehead atoms. The summed E-state index contributed by atoms with van der Waals surface area (Å²) in [5.74, 6) is -0.782. The number of ether oxygens (including phenoxy) is 1. The first kappa shape index (κ1) is 17.5. The highest BCUT2D eigenvalue weighted by atomic mass is 16.6. The molecular weight excluding hydrogens is 246 g/mol. The van der Waals surface area contributed by atoms with Gasteiger partial charge in [-0.15, -0.1) is 6.58 Å². The van der Waals surface area contributed by atoms with Crippen LogP contribution in [0.1, 0.15) is 46.5 Å². The molecule has 0 spiro atoms. The first-order valence-electron chi connectivity index (χ1n) is 6.57. The van der Waals surface area contributed by atoms with E-state index in [9.17, 15) is 9.59 Å². The second-order valence-corrected chi connectivity index (χ2v) is 5.42. The summed E-state index contributed by atoms with van der Waals surface area (Å²) in [6.45, 7) is 10.1. The number of rotatable bonds is 8. The molecule has 0 aliphatic carbocycles. The standard InChI is InChI=1S/C14H25NO4/c1-5-10-15(13(18)19-14(2,3)4)11-8-6-7-9-12(16)17/h5H,1,6-11H2,2-4H3,(H,16,17). The molecule has 0 atom stereocenters. The maximum atomic E-state index is 11.9. The molecule has 0 rings (SSSR count). The summed E-state index contributed by atoms with van der Waals surface area (Å²) in [5.41, 5.74) is -0.514. The molecule has 19 heavy (non-hydrogen) atoms. The summed E-state index contributed by atoms with van der Waals surface area (Å²) in [6, 6.07) is 0. The topological polar surface area (TPSA) is 66.8 Å². The Morgan fingerprint density at radius 2 is 1.89 bits per heavy atom. The van der Waals surface area contributed by atoms with E-state index >= 15 is 0 Å². The zero-order valence-electron chi connectivity index (χ0n) is 12.1. The van der Waals surface area contributed by atoms with Crippen LogP contribution in [0.5, 0.6) is 0 Å². The Labute approximate surface area is 115 Å². The van der Waals surface area contributed by atoms with Gasteiger partial charge in [-0.3, -0.25) is 4.79 Å². The summed E-state index contributed by atoms with van der Waals surface area (Å²) in [4.78, 5) is 23.8. The number of aliphatic carboxylic acids is 1. The van der Waals surface area contributed by atoms with Crippen molar-refractivity contribution in [3.8, 4) is 0 Å². The number of hydrogen-bond donors (Lipinski definition) is 1. The van der Waals surface area contributed by atoms with E-state index in [0.717, 1.165) is 12.8 Å². The van der Waals surface area contributed by atoms with Crippen molar-refractivity contribution in [3.05, 3.63) is 12.7 Å². The largest absolute Gasteiger partial charge is 0.481 e. The lowest BCUT2D eigenvalue weighted by atomic mass is 10.2. The molecule has 0 unspecified atom stereocenters. The molecule has 0 aliphatic rings. The van der Waals surface area contributed by atoms with Crippen LogP contribution in [-0.4, -0.2) is 40.8 Å². The van der Waals surface area contributed by atoms with Crippen molar-refractivity contribution in [3.63, 3.8) is 0 Å². The minimum atomic E-state index is -0.782. The Morgan fingerprint density at radius 3 is 2.37 bits per heavy atom. The predicted molar refractivity (Wildman–Crippen MR) is 74.1 cm³/mol. The van der Waals surface area contributed by atoms with E-state index in [4.69, 9.17) is 9.84 Å². The van der Waals surface area contributed by atoms with E-state index in [1.807, 2.05) is 20.8 Å². The van der Waals surface area contributed by atoms with Crippen LogP contribution in [-0.2, 0) is 9.53 Å². The number of amides is 1. The fourth-order valence-corrected chi connectivity index (χ4v) is 1.50. The van der Waals surface area contributed by atoms with E-state index in [1.165, 1.54) is 0 Å². The average Bonchev–Trinajstić information content (AvgIpc) is 2.24. The van der Waals surface area contributed by atoms with E-state index in [2.05, 4.69) is 6.58 Å². The molecule has 0 aromatic rings. The van der Waals surface area contributed by atoms with Gasteiger partial charge in [-0.1, -0.05) is 12.5 Å². The van der Waals surface area contributed by atoms with Crippen LogP contribution in [0.3, 0.4) is 0 Å². The average molecular weight is 271 g/mol. The normalized spacial score (nSPS) is 10.9. The minimum Gasteiger partial charge on any atom is -0.481 e. The molecular formula is C14H25NO4. The zero-order valence-corrected chi connectivity index (χ0v) is 12.1. The Balaban J connectivity index is 4.07. The number of carbonyl (C=O) groups is 2. The third kappa shape index (κ3) is 10.1. The van der Waals surface area contributed by atoms with Crippen LogP contribution in [0.4, 0.5) is 4.79 Å². The Morgan fingerprint density at radius 1 is 1.26 bits per heavy atom. The number of hydrogen-bond acceptors (Lipinski definition) is 3. The van der Waals surface area contributed by atoms with Gasteiger partial charge in [-0.2, -0.15) is 0 Å². The van der Waals surface area contributed by atoms with Gasteiger partial charge in [-0.25, -0.2) is 4.79 Å². The van der Waals surface area contributed by atoms with Gasteiger partial charge in [0.2, 0.25) is 0 Å². The van der Waals surface area contributed by atoms with Gasteiger partial charge >= 0.3 is 12.1 Å². The van der Waals surface area contributed by atoms with Crippen molar-refractivity contribution >= 4 is 12.1 Å². The number of carboxylic acids is 1. The van der Waals surface area contributed by atoms with Crippen molar-refractivity contribution in [2.24, 2.45) is 0 Å². The summed E-state index contributed by atoms with van der Waals surface area (Å²) in [5, 5.41) is 8.52. The molecule has 110 valence electrons. The lowest BCUT2D eigenvalue weighted by molar-refractivity contribution is -0.137. The second kappa shape index (κ2) is 8.56. The van der Waals surface area contributed by atoms with Crippen molar-refractivity contribution in [2.45, 2.75) is 52.1 Å². The second-order valence-electron chi connectivity index (χ2n) is 5.42. The zero-order chi connectivity index (χ0) is 14.9. The quantitative estimate of drug-likeness (QED) is 0.544. The summed E-state index contributed by atoms with van der Waals surface area (Å²) >= 11 is 0. The summed E-state index contributed by atoms with van der Waals surface area (Å²) in [6.07, 6.45) is 3.65. The molecule has 0 saturated heterocycles. The van der Waals surface area contributed by atoms with Gasteiger partial charge in [0.05, 0.1) is 0 Å². The molecule has 5 nitrogen and oxygen atoms in total. The van der Waals surface area contributed by atoms with E-state index in [-0.39, 0.29) is 12.5 Å². The lowest BCUT2D eigenvalue weighted by Gasteiger charge is -2.26. The minimum absolute atomic E-state index is 0.174. The molecule has 0 fully saturated rings. The van der Waals surface area contributed by atoms with Gasteiger partial charge in [0.15, 0.2) is 0 Å². The SMILES string of the molecule is C=CCN(CCCCCC(=O)O)C(=O)OC(C)(C)C. The highest BCUT2D eigenvalue weighted by molar-refractivity contribution is 5.68. The number of carboxylic acid groups (broad SMARTS) is 1. The lowest BCUT2D eigenvalue weighted by Crippen LogP contribution is -2.37. The van der Waals surface area contributed by atoms with Gasteiger partial charge in [-0.05, 0) is 33.6 Å². The van der Waals surface area contributed by atoms with Gasteiger partial charge < -0.3 is 14.7 Å². The van der Waals surface area contributed by atoms with Crippen LogP contribution < -0.4 is 0 Å². The van der Waals surface area contributed by atoms with E-state index in [1.54, 1.807) is 11.0 Å². The monoisotopic (exact) mass is 271 g/mol. The third-order valence-electron chi connectivity index (χ3n) is 2.32. The van der Waals surface area contributed by atoms with Crippen LogP contribution in [0.15, 0.2) is 12.7 Å². The number of unbranched alkanes of at least 4 members (excludes halogenated alkanes) is 2. The van der Waals surface area contributed by atoms with Crippen molar-refractivity contribution in [1.29, 1.82) is 0 Å². The molecule has 0 aromatic carbocycles. The highest BCUT2D eigenvalue weighted by Crippen LogP contribution is 2.11. The van der Waals surface area contributed by atoms with Crippen LogP contribution in [0.25, 0.3) is 0 Å². The molecule has 5 heteroatoms. The molecule has 0 heterocycles. The Kier molecular flexibility index (Phi) is 7.87. The van der Waals surface area contributed by atoms with Crippen LogP contribution in [0.2, 0.25) is 0 Å². The fraction of sp³-hybridized carbons (Fsp3) is 0.714. The van der Waals surface area contributed by atoms with Gasteiger partial charge in [0, 0.05) is 19.5 Å². The Hall–Kier alpha value is -1.52. The summed E-state index contributed by atoms with van der Waals surface area (Å²) in [7, 11) is 0. The smallest absolute Gasteiger partial charge is 0.410 e. The first-order valence-corrected chi connectivity index (χ1v) is 6.57. The van der Waals surface area contributed by atoms with Gasteiger partial charge in [0.1, 0.15) is 5.60 Å². The van der Waals surface area contributed by atoms with Crippen molar-refractivity contribution in [1.82, 2.24) is 4.90 Å². The predicted octanol–water partition coefficient (Wildman–Crippen LogP) is 3.05. The molecule has 0 saturated carbocycles. The molecule has 0 aromatic heterocycles. The maximum absolute atomic E-state index is 11.9. The van der Waals surface area contributed by atoms with E-state index < -0.39 is 11.6 Å². The van der Waals surface area contributed by atoms with Gasteiger partial charge in [0.25, 0.3) is 0 Å². The summed E-state index contributed by atoms with van der Waals surface area (Å²) < 4.78 is 5.29. The molecule has 0 radical (unpaired) electrons. The van der Waals surface area contributed by atoms with Crippen molar-refractivity contribution in [2.75, 3.05) is 13.1 Å². The van der Waals surface area contributed by atoms with E-state index in [0.29, 0.717) is 19.5 Å². The molecule has 1 amide bonds. The number of nitrogens with zero attached hydrogens (tertiary/aromatic N) is 1. The molecule has 0 aliphatic heterocycles. The first-order chi connectivity index (χ1) is 8.76. The number of carbonyl (C=O) groups excluding carboxylic acids is 1. The Bertz CT molecular complexity index is 307. The maximum Gasteiger partial charge on any atom is 0.410 e. The fourth-order valence-electron chi connectivity index (χ4n) is 1.50. The highest BCUT2D eigenvalue weighted by Gasteiger charge is 2.20. The van der Waals surface area contributed by atoms with Crippen LogP contribution >= 0.6 is 0 Å². The third-order valence-corrected chi connectivity index (χ3v) is 2.32. The van der Waals surface area contributed by atoms with Crippen molar-refractivity contribution < 1.29 is 19.4 Å². The molecule has 1 N–H and O–H groups in total.